The van der Waals surface area contributed by atoms with Gasteiger partial charge in [0, 0.05) is 25.4 Å². The van der Waals surface area contributed by atoms with Crippen LogP contribution < -0.4 is 4.90 Å². The van der Waals surface area contributed by atoms with E-state index >= 15 is 0 Å². The van der Waals surface area contributed by atoms with Crippen LogP contribution in [0.5, 0.6) is 0 Å². The van der Waals surface area contributed by atoms with Crippen molar-refractivity contribution in [1.29, 1.82) is 5.26 Å². The summed E-state index contributed by atoms with van der Waals surface area (Å²) in [6.07, 6.45) is 2.06. The SMILES string of the molecule is CCC(CC)N(CCOC)c1nc(C)ccc1C#N. The molecule has 0 saturated carbocycles. The maximum atomic E-state index is 9.26. The Morgan fingerprint density at radius 1 is 1.37 bits per heavy atom. The summed E-state index contributed by atoms with van der Waals surface area (Å²) in [7, 11) is 1.69. The van der Waals surface area contributed by atoms with Crippen LogP contribution in [0.1, 0.15) is 37.9 Å². The van der Waals surface area contributed by atoms with Crippen LogP contribution in [0.3, 0.4) is 0 Å². The minimum absolute atomic E-state index is 0.386. The Bertz CT molecular complexity index is 436. The molecule has 0 bridgehead atoms. The van der Waals surface area contributed by atoms with Crippen molar-refractivity contribution < 1.29 is 4.74 Å². The van der Waals surface area contributed by atoms with Gasteiger partial charge in [-0.25, -0.2) is 4.98 Å². The highest BCUT2D eigenvalue weighted by Gasteiger charge is 2.20. The van der Waals surface area contributed by atoms with Gasteiger partial charge in [-0.15, -0.1) is 0 Å². The number of rotatable bonds is 7. The van der Waals surface area contributed by atoms with E-state index in [9.17, 15) is 5.26 Å². The van der Waals surface area contributed by atoms with Gasteiger partial charge in [-0.1, -0.05) is 13.8 Å². The molecule has 1 aromatic heterocycles. The third-order valence-corrected chi connectivity index (χ3v) is 3.33. The van der Waals surface area contributed by atoms with E-state index in [1.54, 1.807) is 7.11 Å². The zero-order valence-corrected chi connectivity index (χ0v) is 12.3. The van der Waals surface area contributed by atoms with Gasteiger partial charge in [-0.2, -0.15) is 5.26 Å². The summed E-state index contributed by atoms with van der Waals surface area (Å²) in [6, 6.07) is 6.35. The maximum Gasteiger partial charge on any atom is 0.147 e. The Morgan fingerprint density at radius 2 is 2.05 bits per heavy atom. The molecular formula is C15H23N3O. The van der Waals surface area contributed by atoms with Gasteiger partial charge in [0.2, 0.25) is 0 Å². The topological polar surface area (TPSA) is 49.1 Å². The summed E-state index contributed by atoms with van der Waals surface area (Å²) in [5, 5.41) is 9.26. The summed E-state index contributed by atoms with van der Waals surface area (Å²) in [4.78, 5) is 6.77. The number of aromatic nitrogens is 1. The van der Waals surface area contributed by atoms with Crippen molar-refractivity contribution in [2.45, 2.75) is 39.7 Å². The first-order valence-electron chi connectivity index (χ1n) is 6.81. The number of aryl methyl sites for hydroxylation is 1. The minimum Gasteiger partial charge on any atom is -0.383 e. The van der Waals surface area contributed by atoms with E-state index in [1.807, 2.05) is 19.1 Å². The summed E-state index contributed by atoms with van der Waals surface area (Å²) in [5.74, 6) is 0.785. The highest BCUT2D eigenvalue weighted by Crippen LogP contribution is 2.22. The minimum atomic E-state index is 0.386. The second-order valence-electron chi connectivity index (χ2n) is 4.59. The third kappa shape index (κ3) is 3.93. The summed E-state index contributed by atoms with van der Waals surface area (Å²) in [5.41, 5.74) is 1.57. The van der Waals surface area contributed by atoms with Crippen molar-refractivity contribution in [2.24, 2.45) is 0 Å². The van der Waals surface area contributed by atoms with Gasteiger partial charge in [0.05, 0.1) is 12.2 Å². The Balaban J connectivity index is 3.15. The van der Waals surface area contributed by atoms with E-state index in [0.29, 0.717) is 18.2 Å². The smallest absolute Gasteiger partial charge is 0.147 e. The number of hydrogen-bond donors (Lipinski definition) is 0. The van der Waals surface area contributed by atoms with E-state index in [4.69, 9.17) is 4.74 Å². The molecule has 0 fully saturated rings. The number of methoxy groups -OCH3 is 1. The zero-order chi connectivity index (χ0) is 14.3. The van der Waals surface area contributed by atoms with Gasteiger partial charge in [0.25, 0.3) is 0 Å². The standard InChI is InChI=1S/C15H23N3O/c1-5-14(6-2)18(9-10-19-4)15-13(11-16)8-7-12(3)17-15/h7-8,14H,5-6,9-10H2,1-4H3. The van der Waals surface area contributed by atoms with Crippen LogP contribution in [-0.2, 0) is 4.74 Å². The van der Waals surface area contributed by atoms with E-state index < -0.39 is 0 Å². The molecule has 0 amide bonds. The first-order chi connectivity index (χ1) is 9.17. The maximum absolute atomic E-state index is 9.26. The Hall–Kier alpha value is -1.60. The van der Waals surface area contributed by atoms with Crippen LogP contribution in [0.2, 0.25) is 0 Å². The largest absolute Gasteiger partial charge is 0.383 e. The van der Waals surface area contributed by atoms with Crippen LogP contribution >= 0.6 is 0 Å². The molecule has 0 saturated heterocycles. The van der Waals surface area contributed by atoms with Gasteiger partial charge >= 0.3 is 0 Å². The monoisotopic (exact) mass is 261 g/mol. The average molecular weight is 261 g/mol. The van der Waals surface area contributed by atoms with Gasteiger partial charge in [-0.3, -0.25) is 0 Å². The number of nitrogens with zero attached hydrogens (tertiary/aromatic N) is 3. The van der Waals surface area contributed by atoms with Crippen molar-refractivity contribution in [1.82, 2.24) is 4.98 Å². The lowest BCUT2D eigenvalue weighted by Gasteiger charge is -2.32. The Labute approximate surface area is 116 Å². The molecule has 0 aliphatic heterocycles. The van der Waals surface area contributed by atoms with Crippen molar-refractivity contribution in [2.75, 3.05) is 25.2 Å². The number of anilines is 1. The molecular weight excluding hydrogens is 238 g/mol. The Kier molecular flexibility index (Phi) is 6.31. The normalized spacial score (nSPS) is 10.5. The molecule has 0 atom stereocenters. The molecule has 1 aromatic rings. The number of hydrogen-bond acceptors (Lipinski definition) is 4. The molecule has 4 heteroatoms. The summed E-state index contributed by atoms with van der Waals surface area (Å²) < 4.78 is 5.18. The predicted octanol–water partition coefficient (Wildman–Crippen LogP) is 2.90. The molecule has 0 aromatic carbocycles. The van der Waals surface area contributed by atoms with E-state index in [2.05, 4.69) is 29.8 Å². The molecule has 0 aliphatic carbocycles. The first kappa shape index (κ1) is 15.5. The fourth-order valence-corrected chi connectivity index (χ4v) is 2.23. The van der Waals surface area contributed by atoms with Gasteiger partial charge < -0.3 is 9.64 Å². The molecule has 0 aliphatic rings. The van der Waals surface area contributed by atoms with Gasteiger partial charge in [0.15, 0.2) is 0 Å². The number of ether oxygens (including phenoxy) is 1. The molecule has 19 heavy (non-hydrogen) atoms. The molecule has 104 valence electrons. The number of nitriles is 1. The molecule has 4 nitrogen and oxygen atoms in total. The Morgan fingerprint density at radius 3 is 2.58 bits per heavy atom. The summed E-state index contributed by atoms with van der Waals surface area (Å²) >= 11 is 0. The highest BCUT2D eigenvalue weighted by atomic mass is 16.5. The van der Waals surface area contributed by atoms with Crippen LogP contribution in [0.4, 0.5) is 5.82 Å². The molecule has 0 N–H and O–H groups in total. The lowest BCUT2D eigenvalue weighted by atomic mass is 10.1. The zero-order valence-electron chi connectivity index (χ0n) is 12.3. The van der Waals surface area contributed by atoms with Crippen molar-refractivity contribution >= 4 is 5.82 Å². The van der Waals surface area contributed by atoms with E-state index in [-0.39, 0.29) is 0 Å². The van der Waals surface area contributed by atoms with Crippen LogP contribution in [0, 0.1) is 18.3 Å². The van der Waals surface area contributed by atoms with Crippen molar-refractivity contribution in [3.05, 3.63) is 23.4 Å². The molecule has 1 heterocycles. The predicted molar refractivity (Wildman–Crippen MR) is 77.3 cm³/mol. The highest BCUT2D eigenvalue weighted by molar-refractivity contribution is 5.55. The van der Waals surface area contributed by atoms with E-state index in [0.717, 1.165) is 30.9 Å². The van der Waals surface area contributed by atoms with Crippen molar-refractivity contribution in [3.63, 3.8) is 0 Å². The van der Waals surface area contributed by atoms with E-state index in [1.165, 1.54) is 0 Å². The average Bonchev–Trinajstić information content (AvgIpc) is 2.43. The second-order valence-corrected chi connectivity index (χ2v) is 4.59. The van der Waals surface area contributed by atoms with Crippen LogP contribution in [0.15, 0.2) is 12.1 Å². The number of pyridine rings is 1. The molecule has 1 rings (SSSR count). The van der Waals surface area contributed by atoms with Crippen LogP contribution in [0.25, 0.3) is 0 Å². The third-order valence-electron chi connectivity index (χ3n) is 3.33. The van der Waals surface area contributed by atoms with Crippen LogP contribution in [-0.4, -0.2) is 31.3 Å². The molecule has 0 radical (unpaired) electrons. The molecule has 0 unspecified atom stereocenters. The molecule has 0 spiro atoms. The van der Waals surface area contributed by atoms with Gasteiger partial charge in [-0.05, 0) is 31.9 Å². The quantitative estimate of drug-likeness (QED) is 0.757. The lowest BCUT2D eigenvalue weighted by Crippen LogP contribution is -2.38. The fourth-order valence-electron chi connectivity index (χ4n) is 2.23. The van der Waals surface area contributed by atoms with Crippen molar-refractivity contribution in [3.8, 4) is 6.07 Å². The fraction of sp³-hybridized carbons (Fsp3) is 0.600. The summed E-state index contributed by atoms with van der Waals surface area (Å²) in [6.45, 7) is 7.67. The lowest BCUT2D eigenvalue weighted by molar-refractivity contribution is 0.202. The van der Waals surface area contributed by atoms with Gasteiger partial charge in [0.1, 0.15) is 11.9 Å². The first-order valence-corrected chi connectivity index (χ1v) is 6.81. The second kappa shape index (κ2) is 7.75.